The van der Waals surface area contributed by atoms with Crippen molar-refractivity contribution in [3.63, 3.8) is 0 Å². The summed E-state index contributed by atoms with van der Waals surface area (Å²) in [6.45, 7) is 8.14. The molecule has 0 aliphatic carbocycles. The Morgan fingerprint density at radius 3 is 2.54 bits per heavy atom. The summed E-state index contributed by atoms with van der Waals surface area (Å²) >= 11 is 0. The molecule has 2 aromatic rings. The Kier molecular flexibility index (Phi) is 7.49. The van der Waals surface area contributed by atoms with Gasteiger partial charge in [-0.05, 0) is 79.2 Å². The number of rotatable bonds is 4. The van der Waals surface area contributed by atoms with Crippen LogP contribution in [0.4, 0.5) is 5.69 Å². The molecule has 1 atom stereocenters. The summed E-state index contributed by atoms with van der Waals surface area (Å²) in [4.78, 5) is 12.3. The van der Waals surface area contributed by atoms with Gasteiger partial charge < -0.3 is 16.0 Å². The maximum absolute atomic E-state index is 12.3. The third-order valence-corrected chi connectivity index (χ3v) is 5.25. The van der Waals surface area contributed by atoms with E-state index in [1.807, 2.05) is 24.3 Å². The van der Waals surface area contributed by atoms with Gasteiger partial charge in [0.15, 0.2) is 0 Å². The largest absolute Gasteiger partial charge is 0.384 e. The Balaban J connectivity index is 0.000000706. The van der Waals surface area contributed by atoms with E-state index in [2.05, 4.69) is 48.0 Å². The molecule has 2 aliphatic heterocycles. The van der Waals surface area contributed by atoms with E-state index in [9.17, 15) is 4.79 Å². The smallest absolute Gasteiger partial charge is 0.251 e. The molecular formula is C24H33N3O. The molecule has 0 radical (unpaired) electrons. The molecule has 1 fully saturated rings. The van der Waals surface area contributed by atoms with Crippen LogP contribution in [0.2, 0.25) is 0 Å². The van der Waals surface area contributed by atoms with Crippen molar-refractivity contribution in [2.45, 2.75) is 39.5 Å². The molecule has 4 nitrogen and oxygen atoms in total. The van der Waals surface area contributed by atoms with E-state index < -0.39 is 0 Å². The summed E-state index contributed by atoms with van der Waals surface area (Å²) in [6.07, 6.45) is 4.73. The normalized spacial score (nSPS) is 17.7. The van der Waals surface area contributed by atoms with Gasteiger partial charge in [0.25, 0.3) is 5.91 Å². The minimum absolute atomic E-state index is 0.0234. The predicted molar refractivity (Wildman–Crippen MR) is 118 cm³/mol. The average Bonchev–Trinajstić information content (AvgIpc) is 3.21. The summed E-state index contributed by atoms with van der Waals surface area (Å²) < 4.78 is 0. The second kappa shape index (κ2) is 10.3. The Morgan fingerprint density at radius 2 is 1.82 bits per heavy atom. The van der Waals surface area contributed by atoms with Crippen molar-refractivity contribution in [3.05, 3.63) is 53.6 Å². The van der Waals surface area contributed by atoms with E-state index in [0.29, 0.717) is 5.92 Å². The quantitative estimate of drug-likeness (QED) is 0.735. The Labute approximate surface area is 169 Å². The van der Waals surface area contributed by atoms with Crippen LogP contribution >= 0.6 is 0 Å². The molecule has 4 rings (SSSR count). The highest BCUT2D eigenvalue weighted by atomic mass is 16.1. The Bertz CT molecular complexity index is 764. The minimum atomic E-state index is 0.0234. The molecule has 1 unspecified atom stereocenters. The maximum Gasteiger partial charge on any atom is 0.251 e. The molecule has 2 heterocycles. The number of anilines is 1. The molecule has 2 aromatic carbocycles. The molecule has 3 N–H and O–H groups in total. The third-order valence-electron chi connectivity index (χ3n) is 5.25. The number of hydrogen-bond acceptors (Lipinski definition) is 3. The maximum atomic E-state index is 12.3. The van der Waals surface area contributed by atoms with Gasteiger partial charge in [0.1, 0.15) is 0 Å². The van der Waals surface area contributed by atoms with Crippen LogP contribution in [0.5, 0.6) is 0 Å². The molecule has 28 heavy (non-hydrogen) atoms. The van der Waals surface area contributed by atoms with Crippen LogP contribution in [-0.4, -0.2) is 32.1 Å². The lowest BCUT2D eigenvalue weighted by atomic mass is 9.99. The third kappa shape index (κ3) is 5.35. The molecule has 0 spiro atoms. The fraction of sp³-hybridized carbons (Fsp3) is 0.458. The van der Waals surface area contributed by atoms with E-state index >= 15 is 0 Å². The lowest BCUT2D eigenvalue weighted by Crippen LogP contribution is -2.38. The van der Waals surface area contributed by atoms with Gasteiger partial charge >= 0.3 is 0 Å². The summed E-state index contributed by atoms with van der Waals surface area (Å²) in [6, 6.07) is 14.5. The number of nitrogens with one attached hydrogen (secondary N) is 3. The van der Waals surface area contributed by atoms with E-state index in [-0.39, 0.29) is 5.91 Å². The average molecular weight is 380 g/mol. The summed E-state index contributed by atoms with van der Waals surface area (Å²) in [5.74, 6) is 0.576. The van der Waals surface area contributed by atoms with E-state index in [0.717, 1.165) is 43.7 Å². The number of fused-ring (bicyclic) bond motifs is 1. The van der Waals surface area contributed by atoms with Crippen molar-refractivity contribution in [2.75, 3.05) is 31.5 Å². The zero-order valence-corrected chi connectivity index (χ0v) is 17.2. The van der Waals surface area contributed by atoms with Crippen molar-refractivity contribution in [1.82, 2.24) is 10.6 Å². The van der Waals surface area contributed by atoms with Crippen LogP contribution in [0.15, 0.2) is 42.5 Å². The lowest BCUT2D eigenvalue weighted by molar-refractivity contribution is 0.0945. The highest BCUT2D eigenvalue weighted by molar-refractivity contribution is 5.94. The number of hydrogen-bond donors (Lipinski definition) is 3. The lowest BCUT2D eigenvalue weighted by Gasteiger charge is -2.22. The highest BCUT2D eigenvalue weighted by Crippen LogP contribution is 2.28. The zero-order chi connectivity index (χ0) is 19.8. The molecule has 2 aliphatic rings. The second-order valence-corrected chi connectivity index (χ2v) is 7.76. The number of amides is 1. The highest BCUT2D eigenvalue weighted by Gasteiger charge is 2.15. The molecule has 4 heteroatoms. The number of piperidine rings is 1. The summed E-state index contributed by atoms with van der Waals surface area (Å²) in [7, 11) is 0. The van der Waals surface area contributed by atoms with Crippen molar-refractivity contribution in [3.8, 4) is 11.1 Å². The summed E-state index contributed by atoms with van der Waals surface area (Å²) in [5.41, 5.74) is 5.72. The first-order valence-electron chi connectivity index (χ1n) is 10.7. The first-order valence-corrected chi connectivity index (χ1v) is 10.7. The van der Waals surface area contributed by atoms with Crippen LogP contribution in [0.25, 0.3) is 11.1 Å². The molecule has 1 amide bonds. The van der Waals surface area contributed by atoms with Gasteiger partial charge in [0.2, 0.25) is 0 Å². The molecule has 1 saturated heterocycles. The first-order chi connectivity index (χ1) is 13.7. The molecule has 0 aromatic heterocycles. The number of carbonyl (C=O) groups is 1. The van der Waals surface area contributed by atoms with Gasteiger partial charge in [-0.1, -0.05) is 38.5 Å². The van der Waals surface area contributed by atoms with Crippen LogP contribution in [0.1, 0.15) is 49.0 Å². The van der Waals surface area contributed by atoms with Crippen LogP contribution in [-0.2, 0) is 6.42 Å². The van der Waals surface area contributed by atoms with Gasteiger partial charge in [0, 0.05) is 24.3 Å². The number of carbonyl (C=O) groups excluding carboxylic acids is 1. The van der Waals surface area contributed by atoms with E-state index in [4.69, 9.17) is 0 Å². The SMILES string of the molecule is CCC.O=C(NCC1CCCNC1)c1ccc(-c2ccc3c(c2)CCN3)cc1. The number of benzene rings is 2. The molecule has 150 valence electrons. The zero-order valence-electron chi connectivity index (χ0n) is 17.2. The molecule has 0 saturated carbocycles. The molecule has 0 bridgehead atoms. The monoisotopic (exact) mass is 379 g/mol. The van der Waals surface area contributed by atoms with Crippen LogP contribution in [0.3, 0.4) is 0 Å². The van der Waals surface area contributed by atoms with Crippen molar-refractivity contribution < 1.29 is 4.79 Å². The van der Waals surface area contributed by atoms with Gasteiger partial charge in [-0.15, -0.1) is 0 Å². The first kappa shape index (κ1) is 20.4. The van der Waals surface area contributed by atoms with E-state index in [1.165, 1.54) is 36.1 Å². The fourth-order valence-corrected chi connectivity index (χ4v) is 3.74. The standard InChI is InChI=1S/C21H25N3O.C3H8/c25-21(24-14-15-2-1-10-22-13-15)17-5-3-16(4-6-17)18-7-8-20-19(12-18)9-11-23-20;1-3-2/h3-8,12,15,22-23H,1-2,9-11,13-14H2,(H,24,25);3H2,1-2H3. The molecular weight excluding hydrogens is 346 g/mol. The van der Waals surface area contributed by atoms with Crippen LogP contribution in [0, 0.1) is 5.92 Å². The van der Waals surface area contributed by atoms with Gasteiger partial charge in [-0.3, -0.25) is 4.79 Å². The predicted octanol–water partition coefficient (Wildman–Crippen LogP) is 4.47. The second-order valence-electron chi connectivity index (χ2n) is 7.76. The van der Waals surface area contributed by atoms with Gasteiger partial charge in [-0.25, -0.2) is 0 Å². The minimum Gasteiger partial charge on any atom is -0.384 e. The Hall–Kier alpha value is -2.33. The van der Waals surface area contributed by atoms with Crippen molar-refractivity contribution in [1.29, 1.82) is 0 Å². The van der Waals surface area contributed by atoms with Gasteiger partial charge in [0.05, 0.1) is 0 Å². The van der Waals surface area contributed by atoms with Crippen molar-refractivity contribution >= 4 is 11.6 Å². The van der Waals surface area contributed by atoms with Crippen LogP contribution < -0.4 is 16.0 Å². The topological polar surface area (TPSA) is 53.2 Å². The van der Waals surface area contributed by atoms with Crippen molar-refractivity contribution in [2.24, 2.45) is 5.92 Å². The summed E-state index contributed by atoms with van der Waals surface area (Å²) in [5, 5.41) is 9.85. The Morgan fingerprint density at radius 1 is 1.07 bits per heavy atom. The van der Waals surface area contributed by atoms with E-state index in [1.54, 1.807) is 0 Å². The van der Waals surface area contributed by atoms with Gasteiger partial charge in [-0.2, -0.15) is 0 Å². The fourth-order valence-electron chi connectivity index (χ4n) is 3.74.